The number of hydrogen-bond donors (Lipinski definition) is 1. The standard InChI is InChI=1S/C28H34N2O7/c1-7-15-37-20-11-9-18(10-12-20)25(31)23-24(30(28(33)26(23)32)14-8-13-29(2)3)19-16-21(34-4)27(36-6)22(17-19)35-5/h7,9-12,16-17,24,31H,1,8,13-15H2,2-6H3/b25-23+. The van der Waals surface area contributed by atoms with Gasteiger partial charge in [0.05, 0.1) is 32.9 Å². The summed E-state index contributed by atoms with van der Waals surface area (Å²) >= 11 is 0. The number of benzene rings is 2. The number of aliphatic hydroxyl groups is 1. The second-order valence-corrected chi connectivity index (χ2v) is 8.73. The first-order chi connectivity index (χ1) is 17.8. The lowest BCUT2D eigenvalue weighted by atomic mass is 9.94. The molecule has 1 unspecified atom stereocenters. The molecular weight excluding hydrogens is 476 g/mol. The molecule has 9 nitrogen and oxygen atoms in total. The van der Waals surface area contributed by atoms with E-state index in [1.807, 2.05) is 19.0 Å². The van der Waals surface area contributed by atoms with Crippen LogP contribution in [-0.4, -0.2) is 81.7 Å². The van der Waals surface area contributed by atoms with Gasteiger partial charge in [-0.25, -0.2) is 0 Å². The van der Waals surface area contributed by atoms with Gasteiger partial charge in [0.15, 0.2) is 11.5 Å². The monoisotopic (exact) mass is 510 g/mol. The fourth-order valence-corrected chi connectivity index (χ4v) is 4.29. The Hall–Kier alpha value is -3.98. The van der Waals surface area contributed by atoms with Gasteiger partial charge in [-0.3, -0.25) is 9.59 Å². The van der Waals surface area contributed by atoms with Crippen LogP contribution in [0.25, 0.3) is 5.76 Å². The van der Waals surface area contributed by atoms with E-state index in [0.717, 1.165) is 6.54 Å². The van der Waals surface area contributed by atoms with E-state index in [1.165, 1.54) is 26.2 Å². The Labute approximate surface area is 217 Å². The molecule has 37 heavy (non-hydrogen) atoms. The van der Waals surface area contributed by atoms with E-state index in [9.17, 15) is 14.7 Å². The van der Waals surface area contributed by atoms with Crippen molar-refractivity contribution in [2.75, 3.05) is 55.1 Å². The normalized spacial score (nSPS) is 16.7. The van der Waals surface area contributed by atoms with Gasteiger partial charge in [0, 0.05) is 12.1 Å². The molecule has 0 aromatic heterocycles. The maximum Gasteiger partial charge on any atom is 0.295 e. The molecule has 1 aliphatic rings. The van der Waals surface area contributed by atoms with E-state index in [2.05, 4.69) is 6.58 Å². The number of rotatable bonds is 12. The molecule has 1 saturated heterocycles. The van der Waals surface area contributed by atoms with Crippen LogP contribution in [0.5, 0.6) is 23.0 Å². The second kappa shape index (κ2) is 12.3. The predicted molar refractivity (Wildman–Crippen MR) is 140 cm³/mol. The van der Waals surface area contributed by atoms with Gasteiger partial charge in [0.25, 0.3) is 11.7 Å². The minimum atomic E-state index is -0.854. The quantitative estimate of drug-likeness (QED) is 0.200. The highest BCUT2D eigenvalue weighted by Gasteiger charge is 2.46. The molecule has 0 saturated carbocycles. The third kappa shape index (κ3) is 5.89. The van der Waals surface area contributed by atoms with Gasteiger partial charge in [0.1, 0.15) is 18.1 Å². The molecular formula is C28H34N2O7. The molecule has 2 aromatic rings. The number of Topliss-reactive ketones (excluding diaryl/α,β-unsaturated/α-hetero) is 1. The SMILES string of the molecule is C=CCOc1ccc(/C(O)=C2\C(=O)C(=O)N(CCCN(C)C)C2c2cc(OC)c(OC)c(OC)c2)cc1. The van der Waals surface area contributed by atoms with Gasteiger partial charge in [0.2, 0.25) is 5.75 Å². The van der Waals surface area contributed by atoms with E-state index in [0.29, 0.717) is 53.7 Å². The largest absolute Gasteiger partial charge is 0.507 e. The molecule has 0 radical (unpaired) electrons. The number of likely N-dealkylation sites (tertiary alicyclic amines) is 1. The average molecular weight is 511 g/mol. The first-order valence-electron chi connectivity index (χ1n) is 11.8. The first-order valence-corrected chi connectivity index (χ1v) is 11.8. The van der Waals surface area contributed by atoms with E-state index < -0.39 is 17.7 Å². The number of aliphatic hydroxyl groups excluding tert-OH is 1. The van der Waals surface area contributed by atoms with E-state index in [1.54, 1.807) is 42.5 Å². The summed E-state index contributed by atoms with van der Waals surface area (Å²) in [4.78, 5) is 30.0. The van der Waals surface area contributed by atoms with Crippen LogP contribution in [-0.2, 0) is 9.59 Å². The van der Waals surface area contributed by atoms with Crippen LogP contribution in [0, 0.1) is 0 Å². The maximum absolute atomic E-state index is 13.3. The van der Waals surface area contributed by atoms with Crippen LogP contribution in [0.15, 0.2) is 54.6 Å². The molecule has 0 aliphatic carbocycles. The van der Waals surface area contributed by atoms with Gasteiger partial charge in [-0.15, -0.1) is 0 Å². The summed E-state index contributed by atoms with van der Waals surface area (Å²) in [5.41, 5.74) is 0.921. The molecule has 0 bridgehead atoms. The van der Waals surface area contributed by atoms with Gasteiger partial charge in [-0.2, -0.15) is 0 Å². The fraction of sp³-hybridized carbons (Fsp3) is 0.357. The van der Waals surface area contributed by atoms with Crippen molar-refractivity contribution in [3.63, 3.8) is 0 Å². The summed E-state index contributed by atoms with van der Waals surface area (Å²) in [5, 5.41) is 11.3. The van der Waals surface area contributed by atoms with Crippen LogP contribution in [0.2, 0.25) is 0 Å². The third-order valence-corrected chi connectivity index (χ3v) is 6.04. The number of nitrogens with zero attached hydrogens (tertiary/aromatic N) is 2. The van der Waals surface area contributed by atoms with Crippen molar-refractivity contribution in [3.8, 4) is 23.0 Å². The minimum Gasteiger partial charge on any atom is -0.507 e. The molecule has 0 spiro atoms. The molecule has 1 N–H and O–H groups in total. The Morgan fingerprint density at radius 3 is 2.19 bits per heavy atom. The Balaban J connectivity index is 2.16. The van der Waals surface area contributed by atoms with E-state index >= 15 is 0 Å². The number of amides is 1. The lowest BCUT2D eigenvalue weighted by Crippen LogP contribution is -2.32. The molecule has 1 fully saturated rings. The maximum atomic E-state index is 13.3. The average Bonchev–Trinajstić information content (AvgIpc) is 3.15. The molecule has 1 amide bonds. The van der Waals surface area contributed by atoms with Gasteiger partial charge < -0.3 is 33.9 Å². The number of hydrogen-bond acceptors (Lipinski definition) is 8. The number of ketones is 1. The minimum absolute atomic E-state index is 0.0103. The Kier molecular flexibility index (Phi) is 9.19. The van der Waals surface area contributed by atoms with Gasteiger partial charge in [-0.1, -0.05) is 12.7 Å². The summed E-state index contributed by atoms with van der Waals surface area (Å²) < 4.78 is 22.0. The topological polar surface area (TPSA) is 97.8 Å². The fourth-order valence-electron chi connectivity index (χ4n) is 4.29. The van der Waals surface area contributed by atoms with Crippen LogP contribution in [0.3, 0.4) is 0 Å². The van der Waals surface area contributed by atoms with Crippen LogP contribution < -0.4 is 18.9 Å². The van der Waals surface area contributed by atoms with E-state index in [4.69, 9.17) is 18.9 Å². The lowest BCUT2D eigenvalue weighted by Gasteiger charge is -2.27. The number of methoxy groups -OCH3 is 3. The summed E-state index contributed by atoms with van der Waals surface area (Å²) in [6, 6.07) is 9.17. The first kappa shape index (κ1) is 27.6. The van der Waals surface area contributed by atoms with Crippen molar-refractivity contribution in [3.05, 3.63) is 65.8 Å². The van der Waals surface area contributed by atoms with Gasteiger partial charge >= 0.3 is 0 Å². The number of ether oxygens (including phenoxy) is 4. The highest BCUT2D eigenvalue weighted by atomic mass is 16.5. The van der Waals surface area contributed by atoms with Crippen LogP contribution in [0.1, 0.15) is 23.6 Å². The van der Waals surface area contributed by atoms with Crippen LogP contribution >= 0.6 is 0 Å². The zero-order valence-electron chi connectivity index (χ0n) is 21.9. The summed E-state index contributed by atoms with van der Waals surface area (Å²) in [7, 11) is 8.35. The second-order valence-electron chi connectivity index (χ2n) is 8.73. The summed E-state index contributed by atoms with van der Waals surface area (Å²) in [6.45, 7) is 5.00. The molecule has 3 rings (SSSR count). The predicted octanol–water partition coefficient (Wildman–Crippen LogP) is 3.65. The molecule has 2 aromatic carbocycles. The van der Waals surface area contributed by atoms with Crippen molar-refractivity contribution < 1.29 is 33.6 Å². The van der Waals surface area contributed by atoms with E-state index in [-0.39, 0.29) is 11.3 Å². The third-order valence-electron chi connectivity index (χ3n) is 6.04. The van der Waals surface area contributed by atoms with Crippen molar-refractivity contribution >= 4 is 17.4 Å². The zero-order chi connectivity index (χ0) is 27.1. The number of carbonyl (C=O) groups excluding carboxylic acids is 2. The highest BCUT2D eigenvalue weighted by molar-refractivity contribution is 6.46. The highest BCUT2D eigenvalue weighted by Crippen LogP contribution is 2.45. The Morgan fingerprint density at radius 1 is 1.05 bits per heavy atom. The lowest BCUT2D eigenvalue weighted by molar-refractivity contribution is -0.139. The molecule has 1 atom stereocenters. The molecule has 1 aliphatic heterocycles. The van der Waals surface area contributed by atoms with Gasteiger partial charge in [-0.05, 0) is 69.0 Å². The molecule has 1 heterocycles. The summed E-state index contributed by atoms with van der Waals surface area (Å²) in [6.07, 6.45) is 2.26. The van der Waals surface area contributed by atoms with Crippen molar-refractivity contribution in [2.24, 2.45) is 0 Å². The smallest absolute Gasteiger partial charge is 0.295 e. The van der Waals surface area contributed by atoms with Crippen molar-refractivity contribution in [1.82, 2.24) is 9.80 Å². The Bertz CT molecular complexity index is 1150. The molecule has 198 valence electrons. The Morgan fingerprint density at radius 2 is 1.68 bits per heavy atom. The van der Waals surface area contributed by atoms with Crippen molar-refractivity contribution in [1.29, 1.82) is 0 Å². The number of carbonyl (C=O) groups is 2. The van der Waals surface area contributed by atoms with Crippen molar-refractivity contribution in [2.45, 2.75) is 12.5 Å². The molecule has 9 heteroatoms. The zero-order valence-corrected chi connectivity index (χ0v) is 21.9. The summed E-state index contributed by atoms with van der Waals surface area (Å²) in [5.74, 6) is 0.00894. The van der Waals surface area contributed by atoms with Crippen LogP contribution in [0.4, 0.5) is 0 Å².